The van der Waals surface area contributed by atoms with Gasteiger partial charge in [0.1, 0.15) is 0 Å². The highest BCUT2D eigenvalue weighted by atomic mass is 32.1. The van der Waals surface area contributed by atoms with Crippen molar-refractivity contribution in [2.24, 2.45) is 0 Å². The van der Waals surface area contributed by atoms with Crippen LogP contribution >= 0.6 is 11.3 Å². The molecule has 3 nitrogen and oxygen atoms in total. The Bertz CT molecular complexity index is 701. The van der Waals surface area contributed by atoms with Gasteiger partial charge in [0.15, 0.2) is 0 Å². The lowest BCUT2D eigenvalue weighted by atomic mass is 9.99. The molecule has 25 heavy (non-hydrogen) atoms. The summed E-state index contributed by atoms with van der Waals surface area (Å²) in [6.45, 7) is 3.92. The largest absolute Gasteiger partial charge is 0.350 e. The van der Waals surface area contributed by atoms with Crippen LogP contribution in [0.4, 0.5) is 0 Å². The molecule has 1 aliphatic heterocycles. The first-order valence-corrected chi connectivity index (χ1v) is 10.3. The van der Waals surface area contributed by atoms with E-state index in [1.807, 2.05) is 0 Å². The molecule has 0 saturated carbocycles. The summed E-state index contributed by atoms with van der Waals surface area (Å²) in [7, 11) is 0. The van der Waals surface area contributed by atoms with E-state index in [9.17, 15) is 4.79 Å². The van der Waals surface area contributed by atoms with E-state index < -0.39 is 0 Å². The van der Waals surface area contributed by atoms with Crippen LogP contribution in [0.25, 0.3) is 0 Å². The Morgan fingerprint density at radius 2 is 2.04 bits per heavy atom. The molecule has 1 aromatic heterocycles. The average molecular weight is 355 g/mol. The van der Waals surface area contributed by atoms with Gasteiger partial charge >= 0.3 is 0 Å². The summed E-state index contributed by atoms with van der Waals surface area (Å²) in [4.78, 5) is 17.2. The molecule has 1 amide bonds. The molecule has 2 heterocycles. The molecule has 2 aliphatic rings. The fourth-order valence-corrected chi connectivity index (χ4v) is 5.22. The van der Waals surface area contributed by atoms with Gasteiger partial charge in [-0.05, 0) is 61.8 Å². The molecule has 1 saturated heterocycles. The van der Waals surface area contributed by atoms with Gasteiger partial charge in [-0.2, -0.15) is 0 Å². The summed E-state index contributed by atoms with van der Waals surface area (Å²) in [5.74, 6) is 0.749. The smallest absolute Gasteiger partial charge is 0.261 e. The summed E-state index contributed by atoms with van der Waals surface area (Å²) in [5, 5.41) is 3.12. The minimum Gasteiger partial charge on any atom is -0.350 e. The molecular weight excluding hydrogens is 328 g/mol. The third-order valence-electron chi connectivity index (χ3n) is 5.48. The number of nitrogens with one attached hydrogen (secondary N) is 1. The van der Waals surface area contributed by atoms with Crippen LogP contribution in [0.15, 0.2) is 36.4 Å². The molecule has 1 N–H and O–H groups in total. The Balaban J connectivity index is 1.24. The first-order valence-electron chi connectivity index (χ1n) is 9.46. The maximum Gasteiger partial charge on any atom is 0.261 e. The lowest BCUT2D eigenvalue weighted by molar-refractivity contribution is 0.0953. The molecule has 0 spiro atoms. The molecule has 4 heteroatoms. The Labute approximate surface area is 154 Å². The summed E-state index contributed by atoms with van der Waals surface area (Å²) >= 11 is 1.70. The molecule has 0 unspecified atom stereocenters. The van der Waals surface area contributed by atoms with Crippen molar-refractivity contribution in [2.45, 2.75) is 38.0 Å². The van der Waals surface area contributed by atoms with Crippen LogP contribution in [0.5, 0.6) is 0 Å². The quantitative estimate of drug-likeness (QED) is 0.885. The Kier molecular flexibility index (Phi) is 5.18. The van der Waals surface area contributed by atoms with Gasteiger partial charge in [0.25, 0.3) is 5.91 Å². The highest BCUT2D eigenvalue weighted by Crippen LogP contribution is 2.29. The molecule has 1 aromatic carbocycles. The van der Waals surface area contributed by atoms with Gasteiger partial charge < -0.3 is 10.2 Å². The van der Waals surface area contributed by atoms with E-state index in [1.54, 1.807) is 11.3 Å². The van der Waals surface area contributed by atoms with E-state index in [1.165, 1.54) is 35.3 Å². The van der Waals surface area contributed by atoms with E-state index in [0.29, 0.717) is 5.92 Å². The van der Waals surface area contributed by atoms with Crippen molar-refractivity contribution in [1.82, 2.24) is 10.2 Å². The van der Waals surface area contributed by atoms with Gasteiger partial charge in [-0.3, -0.25) is 4.79 Å². The summed E-state index contributed by atoms with van der Waals surface area (Å²) in [6, 6.07) is 12.9. The number of aryl methyl sites for hydroxylation is 2. The normalized spacial score (nSPS) is 20.4. The number of thiophene rings is 1. The minimum absolute atomic E-state index is 0.109. The fraction of sp³-hybridized carbons (Fsp3) is 0.476. The van der Waals surface area contributed by atoms with E-state index in [2.05, 4.69) is 46.6 Å². The number of hydrogen-bond donors (Lipinski definition) is 1. The van der Waals surface area contributed by atoms with E-state index >= 15 is 0 Å². The van der Waals surface area contributed by atoms with Crippen LogP contribution in [-0.4, -0.2) is 37.0 Å². The van der Waals surface area contributed by atoms with Gasteiger partial charge in [-0.25, -0.2) is 0 Å². The SMILES string of the molecule is O=C(NCCN1CC[C@@H](c2ccccc2)C1)c1cc2c(s1)CCCC2. The number of carbonyl (C=O) groups is 1. The van der Waals surface area contributed by atoms with Gasteiger partial charge in [0.2, 0.25) is 0 Å². The highest BCUT2D eigenvalue weighted by Gasteiger charge is 2.23. The van der Waals surface area contributed by atoms with Gasteiger partial charge in [0, 0.05) is 24.5 Å². The van der Waals surface area contributed by atoms with Crippen molar-refractivity contribution in [3.63, 3.8) is 0 Å². The lowest BCUT2D eigenvalue weighted by Gasteiger charge is -2.16. The van der Waals surface area contributed by atoms with E-state index in [4.69, 9.17) is 0 Å². The van der Waals surface area contributed by atoms with Gasteiger partial charge in [-0.1, -0.05) is 30.3 Å². The molecule has 1 aliphatic carbocycles. The molecule has 0 bridgehead atoms. The molecule has 1 atom stereocenters. The topological polar surface area (TPSA) is 32.3 Å². The monoisotopic (exact) mass is 354 g/mol. The number of carbonyl (C=O) groups excluding carboxylic acids is 1. The molecule has 1 fully saturated rings. The van der Waals surface area contributed by atoms with Crippen molar-refractivity contribution >= 4 is 17.2 Å². The predicted molar refractivity (Wildman–Crippen MR) is 104 cm³/mol. The van der Waals surface area contributed by atoms with Crippen molar-refractivity contribution < 1.29 is 4.79 Å². The maximum absolute atomic E-state index is 12.4. The zero-order valence-corrected chi connectivity index (χ0v) is 15.5. The van der Waals surface area contributed by atoms with Gasteiger partial charge in [-0.15, -0.1) is 11.3 Å². The highest BCUT2D eigenvalue weighted by molar-refractivity contribution is 7.14. The first kappa shape index (κ1) is 16.8. The number of benzene rings is 1. The minimum atomic E-state index is 0.109. The molecule has 4 rings (SSSR count). The number of fused-ring (bicyclic) bond motifs is 1. The molecule has 132 valence electrons. The van der Waals surface area contributed by atoms with Crippen LogP contribution in [0.2, 0.25) is 0 Å². The maximum atomic E-state index is 12.4. The predicted octanol–water partition coefficient (Wildman–Crippen LogP) is 3.85. The second kappa shape index (κ2) is 7.71. The average Bonchev–Trinajstić information content (AvgIpc) is 3.29. The number of nitrogens with zero attached hydrogens (tertiary/aromatic N) is 1. The molecular formula is C21H26N2OS. The van der Waals surface area contributed by atoms with Crippen LogP contribution in [-0.2, 0) is 12.8 Å². The standard InChI is InChI=1S/C21H26N2OS/c24-21(20-14-17-8-4-5-9-19(17)25-20)22-11-13-23-12-10-18(15-23)16-6-2-1-3-7-16/h1-3,6-7,14,18H,4-5,8-13,15H2,(H,22,24)/t18-/m1/s1. The van der Waals surface area contributed by atoms with Crippen molar-refractivity contribution in [3.8, 4) is 0 Å². The van der Waals surface area contributed by atoms with Crippen molar-refractivity contribution in [1.29, 1.82) is 0 Å². The second-order valence-corrected chi connectivity index (χ2v) is 8.36. The Hall–Kier alpha value is -1.65. The zero-order chi connectivity index (χ0) is 17.1. The Morgan fingerprint density at radius 1 is 1.20 bits per heavy atom. The van der Waals surface area contributed by atoms with Crippen LogP contribution < -0.4 is 5.32 Å². The lowest BCUT2D eigenvalue weighted by Crippen LogP contribution is -2.33. The number of hydrogen-bond acceptors (Lipinski definition) is 3. The summed E-state index contributed by atoms with van der Waals surface area (Å²) < 4.78 is 0. The van der Waals surface area contributed by atoms with Crippen LogP contribution in [0, 0.1) is 0 Å². The van der Waals surface area contributed by atoms with Crippen LogP contribution in [0.3, 0.4) is 0 Å². The third kappa shape index (κ3) is 3.96. The van der Waals surface area contributed by atoms with Crippen molar-refractivity contribution in [3.05, 3.63) is 57.3 Å². The van der Waals surface area contributed by atoms with E-state index in [-0.39, 0.29) is 5.91 Å². The number of likely N-dealkylation sites (tertiary alicyclic amines) is 1. The van der Waals surface area contributed by atoms with Crippen LogP contribution in [0.1, 0.15) is 50.9 Å². The molecule has 0 radical (unpaired) electrons. The zero-order valence-electron chi connectivity index (χ0n) is 14.7. The Morgan fingerprint density at radius 3 is 2.88 bits per heavy atom. The second-order valence-electron chi connectivity index (χ2n) is 7.22. The first-order chi connectivity index (χ1) is 12.3. The van der Waals surface area contributed by atoms with Gasteiger partial charge in [0.05, 0.1) is 4.88 Å². The third-order valence-corrected chi connectivity index (χ3v) is 6.71. The fourth-order valence-electron chi connectivity index (χ4n) is 4.05. The summed E-state index contributed by atoms with van der Waals surface area (Å²) in [6.07, 6.45) is 6.06. The van der Waals surface area contributed by atoms with E-state index in [0.717, 1.165) is 43.9 Å². The molecule has 2 aromatic rings. The summed E-state index contributed by atoms with van der Waals surface area (Å²) in [5.41, 5.74) is 2.85. The number of rotatable bonds is 5. The van der Waals surface area contributed by atoms with Crippen molar-refractivity contribution in [2.75, 3.05) is 26.2 Å². The number of amides is 1.